The van der Waals surface area contributed by atoms with Gasteiger partial charge < -0.3 is 47.7 Å². The van der Waals surface area contributed by atoms with Crippen molar-refractivity contribution in [1.29, 1.82) is 0 Å². The van der Waals surface area contributed by atoms with Gasteiger partial charge in [-0.1, -0.05) is 13.2 Å². The summed E-state index contributed by atoms with van der Waals surface area (Å²) in [5.41, 5.74) is 0.716. The van der Waals surface area contributed by atoms with E-state index in [1.807, 2.05) is 55.4 Å². The second-order valence-corrected chi connectivity index (χ2v) is 13.0. The number of aliphatic hydroxyl groups excluding tert-OH is 1. The van der Waals surface area contributed by atoms with E-state index in [-0.39, 0.29) is 12.2 Å². The Balaban J connectivity index is 0.000000259. The van der Waals surface area contributed by atoms with E-state index < -0.39 is 58.8 Å². The number of hydrogen-bond acceptors (Lipinski definition) is 12. The Hall–Kier alpha value is -1.45. The molecule has 43 heavy (non-hydrogen) atoms. The van der Waals surface area contributed by atoms with Gasteiger partial charge in [0.1, 0.15) is 30.5 Å². The van der Waals surface area contributed by atoms with Crippen molar-refractivity contribution in [2.24, 2.45) is 0 Å². The maximum absolute atomic E-state index is 11.9. The smallest absolute Gasteiger partial charge is 0.333 e. The molecule has 0 aromatic carbocycles. The van der Waals surface area contributed by atoms with Crippen molar-refractivity contribution < 1.29 is 57.3 Å². The number of halogens is 1. The zero-order valence-corrected chi connectivity index (χ0v) is 27.8. The lowest BCUT2D eigenvalue weighted by Crippen LogP contribution is -2.45. The van der Waals surface area contributed by atoms with Crippen LogP contribution >= 0.6 is 11.6 Å². The van der Waals surface area contributed by atoms with Crippen molar-refractivity contribution in [2.45, 2.75) is 129 Å². The van der Waals surface area contributed by atoms with Gasteiger partial charge in [-0.2, -0.15) is 0 Å². The summed E-state index contributed by atoms with van der Waals surface area (Å²) in [7, 11) is 0. The van der Waals surface area contributed by atoms with Gasteiger partial charge in [-0.05, 0) is 80.8 Å². The number of ether oxygens (including phenoxy) is 9. The Morgan fingerprint density at radius 2 is 0.953 bits per heavy atom. The highest BCUT2D eigenvalue weighted by atomic mass is 35.5. The molecule has 1 N–H and O–H groups in total. The topological polar surface area (TPSA) is 137 Å². The Bertz CT molecular complexity index is 943. The fraction of sp³-hybridized carbons (Fsp3) is 0.800. The first kappa shape index (κ1) is 37.7. The summed E-state index contributed by atoms with van der Waals surface area (Å²) in [6, 6.07) is 0. The molecule has 0 amide bonds. The number of carbonyl (C=O) groups excluding carboxylic acids is 2. The summed E-state index contributed by atoms with van der Waals surface area (Å²) >= 11 is 4.87. The van der Waals surface area contributed by atoms with E-state index in [0.717, 1.165) is 0 Å². The molecule has 4 rings (SSSR count). The molecular formula is C30H49ClO12. The van der Waals surface area contributed by atoms with Gasteiger partial charge in [0.2, 0.25) is 5.24 Å². The summed E-state index contributed by atoms with van der Waals surface area (Å²) in [5, 5.41) is 9.64. The van der Waals surface area contributed by atoms with Crippen LogP contribution in [0.15, 0.2) is 24.3 Å². The third-order valence-electron chi connectivity index (χ3n) is 6.54. The molecule has 2 unspecified atom stereocenters. The molecule has 6 atom stereocenters. The van der Waals surface area contributed by atoms with Crippen LogP contribution in [0.5, 0.6) is 0 Å². The van der Waals surface area contributed by atoms with E-state index in [1.165, 1.54) is 0 Å². The number of aliphatic hydroxyl groups is 1. The Kier molecular flexibility index (Phi) is 13.0. The largest absolute Gasteiger partial charge is 0.453 e. The van der Waals surface area contributed by atoms with Crippen molar-refractivity contribution in [1.82, 2.24) is 0 Å². The van der Waals surface area contributed by atoms with E-state index >= 15 is 0 Å². The fourth-order valence-electron chi connectivity index (χ4n) is 4.38. The predicted octanol–water partition coefficient (Wildman–Crippen LogP) is 3.76. The number of rotatable bonds is 7. The molecule has 0 saturated carbocycles. The lowest BCUT2D eigenvalue weighted by molar-refractivity contribution is -0.192. The van der Waals surface area contributed by atoms with Crippen molar-refractivity contribution in [2.75, 3.05) is 26.4 Å². The fourth-order valence-corrected chi connectivity index (χ4v) is 4.38. The van der Waals surface area contributed by atoms with Gasteiger partial charge in [0.05, 0.1) is 26.4 Å². The quantitative estimate of drug-likeness (QED) is 0.247. The Labute approximate surface area is 259 Å². The summed E-state index contributed by atoms with van der Waals surface area (Å²) in [6.07, 6.45) is -2.81. The predicted molar refractivity (Wildman–Crippen MR) is 156 cm³/mol. The third-order valence-corrected chi connectivity index (χ3v) is 6.87. The molecule has 4 heterocycles. The zero-order valence-electron chi connectivity index (χ0n) is 27.0. The van der Waals surface area contributed by atoms with Gasteiger partial charge in [0.15, 0.2) is 29.3 Å². The monoisotopic (exact) mass is 636 g/mol. The molecule has 4 aliphatic rings. The molecule has 0 aromatic rings. The molecule has 13 heteroatoms. The highest BCUT2D eigenvalue weighted by Crippen LogP contribution is 2.33. The van der Waals surface area contributed by atoms with Crippen molar-refractivity contribution in [3.63, 3.8) is 0 Å². The van der Waals surface area contributed by atoms with E-state index in [1.54, 1.807) is 13.8 Å². The molecule has 0 bridgehead atoms. The lowest BCUT2D eigenvalue weighted by Gasteiger charge is -2.28. The maximum Gasteiger partial charge on any atom is 0.333 e. The first-order valence-corrected chi connectivity index (χ1v) is 14.6. The van der Waals surface area contributed by atoms with Crippen LogP contribution in [-0.2, 0) is 52.2 Å². The van der Waals surface area contributed by atoms with Crippen LogP contribution in [0.4, 0.5) is 0 Å². The van der Waals surface area contributed by atoms with Gasteiger partial charge in [-0.15, -0.1) is 0 Å². The molecule has 4 fully saturated rings. The van der Waals surface area contributed by atoms with E-state index in [0.29, 0.717) is 37.6 Å². The van der Waals surface area contributed by atoms with E-state index in [9.17, 15) is 14.7 Å². The Morgan fingerprint density at radius 3 is 1.16 bits per heavy atom. The number of allylic oxidation sites excluding steroid dienone is 1. The number of esters is 1. The standard InChI is InChI=1S/C15H24O6.C11H20O5.C4H5ClO/c1-9(2)13(16)19-12(10-7-17-14(3,4)20-10)11-8-18-15(5,6)21-11;1-10(2)13-5-7(15-10)9(12)8-6-14-11(3,4)16-8;1-3(2)4(5)6/h10-12H,1,7-8H2,2-6H3;7-9,12H,5-6H2,1-4H3;1H2,2H3/t10-,11+,12?;7-,8+,9?;. The van der Waals surface area contributed by atoms with Gasteiger partial charge in [-0.3, -0.25) is 4.79 Å². The second-order valence-electron chi connectivity index (χ2n) is 12.7. The van der Waals surface area contributed by atoms with Crippen LogP contribution in [0.1, 0.15) is 69.2 Å². The molecule has 0 aliphatic carbocycles. The molecule has 0 aromatic heterocycles. The van der Waals surface area contributed by atoms with E-state index in [4.69, 9.17) is 54.2 Å². The number of hydrogen-bond donors (Lipinski definition) is 1. The molecule has 0 spiro atoms. The van der Waals surface area contributed by atoms with Crippen LogP contribution in [0.3, 0.4) is 0 Å². The van der Waals surface area contributed by atoms with Gasteiger partial charge >= 0.3 is 5.97 Å². The minimum atomic E-state index is -0.719. The van der Waals surface area contributed by atoms with Crippen LogP contribution in [-0.4, -0.2) is 103 Å². The molecule has 248 valence electrons. The molecule has 4 aliphatic heterocycles. The van der Waals surface area contributed by atoms with Crippen molar-refractivity contribution in [3.05, 3.63) is 24.3 Å². The lowest BCUT2D eigenvalue weighted by atomic mass is 10.1. The molecular weight excluding hydrogens is 588 g/mol. The SMILES string of the molecule is C=C(C)C(=O)Cl.C=C(C)C(=O)OC([C@@H]1COC(C)(C)O1)[C@H]1COC(C)(C)O1.CC1(C)OC[C@@H](C(O)[C@H]2COC(C)(C)O2)O1. The molecule has 12 nitrogen and oxygen atoms in total. The van der Waals surface area contributed by atoms with Crippen molar-refractivity contribution in [3.8, 4) is 0 Å². The summed E-state index contributed by atoms with van der Waals surface area (Å²) in [6.45, 7) is 26.1. The summed E-state index contributed by atoms with van der Waals surface area (Å²) in [5.74, 6) is -3.12. The zero-order chi connectivity index (χ0) is 33.0. The van der Waals surface area contributed by atoms with Gasteiger partial charge in [0, 0.05) is 11.1 Å². The average Bonchev–Trinajstić information content (AvgIpc) is 3.62. The first-order chi connectivity index (χ1) is 19.5. The minimum Gasteiger partial charge on any atom is -0.453 e. The summed E-state index contributed by atoms with van der Waals surface area (Å²) in [4.78, 5) is 21.7. The number of carbonyl (C=O) groups is 2. The van der Waals surface area contributed by atoms with Crippen molar-refractivity contribution >= 4 is 22.8 Å². The maximum atomic E-state index is 11.9. The third kappa shape index (κ3) is 12.1. The second kappa shape index (κ2) is 14.8. The van der Waals surface area contributed by atoms with Gasteiger partial charge in [-0.25, -0.2) is 4.79 Å². The average molecular weight is 637 g/mol. The van der Waals surface area contributed by atoms with Crippen LogP contribution in [0.25, 0.3) is 0 Å². The van der Waals surface area contributed by atoms with Crippen LogP contribution in [0.2, 0.25) is 0 Å². The minimum absolute atomic E-state index is 0.330. The normalized spacial score (nSPS) is 31.1. The first-order valence-electron chi connectivity index (χ1n) is 14.2. The molecule has 0 radical (unpaired) electrons. The molecule has 4 saturated heterocycles. The van der Waals surface area contributed by atoms with Gasteiger partial charge in [0.25, 0.3) is 0 Å². The van der Waals surface area contributed by atoms with E-state index in [2.05, 4.69) is 13.2 Å². The highest BCUT2D eigenvalue weighted by molar-refractivity contribution is 6.67. The van der Waals surface area contributed by atoms with Crippen LogP contribution < -0.4 is 0 Å². The van der Waals surface area contributed by atoms with Crippen LogP contribution in [0, 0.1) is 0 Å². The highest BCUT2D eigenvalue weighted by Gasteiger charge is 2.48. The summed E-state index contributed by atoms with van der Waals surface area (Å²) < 4.78 is 50.2. The Morgan fingerprint density at radius 1 is 0.674 bits per heavy atom.